The Labute approximate surface area is 240 Å². The Bertz CT molecular complexity index is 1450. The van der Waals surface area contributed by atoms with Crippen molar-refractivity contribution in [3.8, 4) is 17.2 Å². The highest BCUT2D eigenvalue weighted by atomic mass is 16.6. The minimum Gasteiger partial charge on any atom is -0.497 e. The molecule has 1 heterocycles. The zero-order valence-electron chi connectivity index (χ0n) is 23.3. The number of nitrogens with one attached hydrogen (secondary N) is 1. The van der Waals surface area contributed by atoms with Crippen molar-refractivity contribution in [2.75, 3.05) is 20.3 Å². The molecule has 210 valence electrons. The Morgan fingerprint density at radius 2 is 1.56 bits per heavy atom. The molecule has 5 rings (SSSR count). The summed E-state index contributed by atoms with van der Waals surface area (Å²) in [5, 5.41) is 3.06. The quantitative estimate of drug-likeness (QED) is 0.291. The second kappa shape index (κ2) is 13.0. The zero-order chi connectivity index (χ0) is 28.6. The number of fused-ring (bicyclic) bond motifs is 1. The molecule has 2 atom stereocenters. The number of hydrogen-bond acceptors (Lipinski definition) is 5. The van der Waals surface area contributed by atoms with Crippen molar-refractivity contribution in [1.82, 2.24) is 10.2 Å². The first-order valence-electron chi connectivity index (χ1n) is 13.7. The van der Waals surface area contributed by atoms with E-state index >= 15 is 0 Å². The standard InChI is InChI=1S/C34H34N2O5/c1-24-12-16-27(17-13-24)32(33(37)35-22-26-14-18-28(39-2)19-15-26)36(21-20-25-8-4-3-5-9-25)34(38)31-23-40-29-10-6-7-11-30(29)41-31/h3-19,31-32H,20-23H2,1-2H3,(H,35,37)/t31-,32+/m1/s1. The first-order chi connectivity index (χ1) is 20.0. The maximum atomic E-state index is 14.2. The summed E-state index contributed by atoms with van der Waals surface area (Å²) in [5.74, 6) is 1.27. The second-order valence-corrected chi connectivity index (χ2v) is 10.0. The average molecular weight is 551 g/mol. The van der Waals surface area contributed by atoms with Gasteiger partial charge in [0, 0.05) is 13.1 Å². The van der Waals surface area contributed by atoms with Crippen molar-refractivity contribution >= 4 is 11.8 Å². The van der Waals surface area contributed by atoms with E-state index in [4.69, 9.17) is 14.2 Å². The average Bonchev–Trinajstić information content (AvgIpc) is 3.02. The molecule has 0 aromatic heterocycles. The van der Waals surface area contributed by atoms with Crippen LogP contribution >= 0.6 is 0 Å². The van der Waals surface area contributed by atoms with Crippen LogP contribution in [-0.2, 0) is 22.6 Å². The fraction of sp³-hybridized carbons (Fsp3) is 0.235. The minimum atomic E-state index is -0.886. The number of para-hydroxylation sites is 2. The normalized spacial score (nSPS) is 14.5. The van der Waals surface area contributed by atoms with Crippen LogP contribution in [0.4, 0.5) is 0 Å². The van der Waals surface area contributed by atoms with Crippen LogP contribution in [0.25, 0.3) is 0 Å². The third-order valence-electron chi connectivity index (χ3n) is 7.13. The van der Waals surface area contributed by atoms with Gasteiger partial charge in [-0.2, -0.15) is 0 Å². The molecule has 0 saturated heterocycles. The van der Waals surface area contributed by atoms with Gasteiger partial charge in [-0.1, -0.05) is 84.4 Å². The second-order valence-electron chi connectivity index (χ2n) is 10.0. The first kappa shape index (κ1) is 27.8. The zero-order valence-corrected chi connectivity index (χ0v) is 23.3. The third-order valence-corrected chi connectivity index (χ3v) is 7.13. The molecule has 0 fully saturated rings. The molecular weight excluding hydrogens is 516 g/mol. The van der Waals surface area contributed by atoms with Gasteiger partial charge >= 0.3 is 0 Å². The van der Waals surface area contributed by atoms with Crippen LogP contribution in [0.1, 0.15) is 28.3 Å². The van der Waals surface area contributed by atoms with Crippen molar-refractivity contribution in [2.45, 2.75) is 32.0 Å². The summed E-state index contributed by atoms with van der Waals surface area (Å²) in [7, 11) is 1.61. The number of rotatable bonds is 10. The highest BCUT2D eigenvalue weighted by Gasteiger charge is 2.38. The van der Waals surface area contributed by atoms with Gasteiger partial charge in [-0.3, -0.25) is 9.59 Å². The fourth-order valence-electron chi connectivity index (χ4n) is 4.84. The molecule has 1 aliphatic heterocycles. The number of nitrogens with zero attached hydrogens (tertiary/aromatic N) is 1. The molecule has 1 N–H and O–H groups in total. The molecule has 1 aliphatic rings. The molecule has 4 aromatic rings. The van der Waals surface area contributed by atoms with Gasteiger partial charge in [-0.05, 0) is 54.3 Å². The fourth-order valence-corrected chi connectivity index (χ4v) is 4.84. The maximum Gasteiger partial charge on any atom is 0.268 e. The van der Waals surface area contributed by atoms with Gasteiger partial charge in [0.25, 0.3) is 5.91 Å². The van der Waals surface area contributed by atoms with E-state index in [1.165, 1.54) is 0 Å². The summed E-state index contributed by atoms with van der Waals surface area (Å²) in [6, 6.07) is 31.6. The number of carbonyl (C=O) groups excluding carboxylic acids is 2. The van der Waals surface area contributed by atoms with Crippen LogP contribution in [0.15, 0.2) is 103 Å². The number of aryl methyl sites for hydroxylation is 1. The van der Waals surface area contributed by atoms with Gasteiger partial charge in [0.2, 0.25) is 12.0 Å². The third kappa shape index (κ3) is 6.87. The number of methoxy groups -OCH3 is 1. The number of carbonyl (C=O) groups is 2. The Morgan fingerprint density at radius 1 is 0.878 bits per heavy atom. The van der Waals surface area contributed by atoms with Crippen LogP contribution in [0.5, 0.6) is 17.2 Å². The number of hydrogen-bond donors (Lipinski definition) is 1. The van der Waals surface area contributed by atoms with Gasteiger partial charge in [-0.25, -0.2) is 0 Å². The van der Waals surface area contributed by atoms with Gasteiger partial charge in [0.05, 0.1) is 7.11 Å². The predicted octanol–water partition coefficient (Wildman–Crippen LogP) is 5.27. The Balaban J connectivity index is 1.44. The number of amides is 2. The molecule has 0 radical (unpaired) electrons. The van der Waals surface area contributed by atoms with E-state index in [2.05, 4.69) is 5.32 Å². The van der Waals surface area contributed by atoms with Gasteiger partial charge in [0.1, 0.15) is 18.4 Å². The Kier molecular flexibility index (Phi) is 8.84. The topological polar surface area (TPSA) is 77.1 Å². The van der Waals surface area contributed by atoms with Crippen LogP contribution in [0, 0.1) is 6.92 Å². The Hall–Kier alpha value is -4.78. The van der Waals surface area contributed by atoms with Gasteiger partial charge in [0.15, 0.2) is 11.5 Å². The van der Waals surface area contributed by atoms with E-state index in [9.17, 15) is 9.59 Å². The van der Waals surface area contributed by atoms with E-state index in [0.29, 0.717) is 31.0 Å². The summed E-state index contributed by atoms with van der Waals surface area (Å²) in [5.41, 5.74) is 3.78. The first-order valence-corrected chi connectivity index (χ1v) is 13.7. The van der Waals surface area contributed by atoms with Crippen molar-refractivity contribution < 1.29 is 23.8 Å². The smallest absolute Gasteiger partial charge is 0.268 e. The Morgan fingerprint density at radius 3 is 2.27 bits per heavy atom. The minimum absolute atomic E-state index is 0.0613. The highest BCUT2D eigenvalue weighted by molar-refractivity contribution is 5.90. The molecule has 7 nitrogen and oxygen atoms in total. The summed E-state index contributed by atoms with van der Waals surface area (Å²) in [6.45, 7) is 2.68. The molecule has 0 spiro atoms. The van der Waals surface area contributed by atoms with Crippen LogP contribution in [0.2, 0.25) is 0 Å². The van der Waals surface area contributed by atoms with E-state index < -0.39 is 12.1 Å². The molecular formula is C34H34N2O5. The molecule has 2 amide bonds. The van der Waals surface area contributed by atoms with Crippen molar-refractivity contribution in [3.63, 3.8) is 0 Å². The SMILES string of the molecule is COc1ccc(CNC(=O)[C@H](c2ccc(C)cc2)N(CCc2ccccc2)C(=O)[C@H]2COc3ccccc3O2)cc1. The van der Waals surface area contributed by atoms with Gasteiger partial charge in [-0.15, -0.1) is 0 Å². The largest absolute Gasteiger partial charge is 0.497 e. The van der Waals surface area contributed by atoms with E-state index in [1.807, 2.05) is 104 Å². The lowest BCUT2D eigenvalue weighted by Crippen LogP contribution is -2.51. The van der Waals surface area contributed by atoms with Gasteiger partial charge < -0.3 is 24.4 Å². The molecule has 0 saturated carbocycles. The van der Waals surface area contributed by atoms with Crippen molar-refractivity contribution in [2.24, 2.45) is 0 Å². The van der Waals surface area contributed by atoms with Crippen molar-refractivity contribution in [1.29, 1.82) is 0 Å². The monoisotopic (exact) mass is 550 g/mol. The number of ether oxygens (including phenoxy) is 3. The molecule has 0 aliphatic carbocycles. The summed E-state index contributed by atoms with van der Waals surface area (Å²) in [6.07, 6.45) is -0.312. The summed E-state index contributed by atoms with van der Waals surface area (Å²) < 4.78 is 17.2. The van der Waals surface area contributed by atoms with E-state index in [1.54, 1.807) is 18.1 Å². The van der Waals surface area contributed by atoms with E-state index in [0.717, 1.165) is 28.0 Å². The lowest BCUT2D eigenvalue weighted by Gasteiger charge is -2.35. The lowest BCUT2D eigenvalue weighted by molar-refractivity contribution is -0.148. The summed E-state index contributed by atoms with van der Waals surface area (Å²) >= 11 is 0. The molecule has 41 heavy (non-hydrogen) atoms. The highest BCUT2D eigenvalue weighted by Crippen LogP contribution is 2.32. The molecule has 0 bridgehead atoms. The molecule has 0 unspecified atom stereocenters. The molecule has 7 heteroatoms. The van der Waals surface area contributed by atoms with Crippen LogP contribution in [-0.4, -0.2) is 43.1 Å². The van der Waals surface area contributed by atoms with Crippen LogP contribution in [0.3, 0.4) is 0 Å². The van der Waals surface area contributed by atoms with Crippen molar-refractivity contribution in [3.05, 3.63) is 125 Å². The van der Waals surface area contributed by atoms with E-state index in [-0.39, 0.29) is 18.4 Å². The van der Waals surface area contributed by atoms with Crippen LogP contribution < -0.4 is 19.5 Å². The number of benzene rings is 4. The summed E-state index contributed by atoms with van der Waals surface area (Å²) in [4.78, 5) is 29.8. The predicted molar refractivity (Wildman–Crippen MR) is 157 cm³/mol. The maximum absolute atomic E-state index is 14.2. The molecule has 4 aromatic carbocycles. The lowest BCUT2D eigenvalue weighted by atomic mass is 10.0.